The second-order valence-corrected chi connectivity index (χ2v) is 4.80. The maximum Gasteiger partial charge on any atom is 0.195 e. The van der Waals surface area contributed by atoms with E-state index < -0.39 is 0 Å². The zero-order valence-corrected chi connectivity index (χ0v) is 11.9. The molecule has 0 bridgehead atoms. The average molecular weight is 283 g/mol. The van der Waals surface area contributed by atoms with Gasteiger partial charge in [-0.05, 0) is 43.8 Å². The molecule has 2 rings (SSSR count). The highest BCUT2D eigenvalue weighted by Crippen LogP contribution is 2.20. The van der Waals surface area contributed by atoms with Crippen LogP contribution in [0, 0.1) is 11.7 Å². The molecule has 4 nitrogen and oxygen atoms in total. The number of anilines is 1. The third-order valence-electron chi connectivity index (χ3n) is 2.78. The Morgan fingerprint density at radius 1 is 1.50 bits per heavy atom. The van der Waals surface area contributed by atoms with Gasteiger partial charge in [0, 0.05) is 17.3 Å². The number of halogens is 1. The minimum atomic E-state index is 0.611. The van der Waals surface area contributed by atoms with Gasteiger partial charge in [-0.1, -0.05) is 17.7 Å². The summed E-state index contributed by atoms with van der Waals surface area (Å²) in [6, 6.07) is 5.90. The van der Waals surface area contributed by atoms with Crippen molar-refractivity contribution in [3.63, 3.8) is 0 Å². The molecule has 1 aromatic heterocycles. The molecule has 96 valence electrons. The number of benzene rings is 1. The van der Waals surface area contributed by atoms with Crippen molar-refractivity contribution in [3.8, 4) is 0 Å². The van der Waals surface area contributed by atoms with E-state index >= 15 is 0 Å². The summed E-state index contributed by atoms with van der Waals surface area (Å²) in [5.41, 5.74) is 2.04. The van der Waals surface area contributed by atoms with E-state index in [9.17, 15) is 0 Å². The van der Waals surface area contributed by atoms with Crippen LogP contribution in [0.2, 0.25) is 5.02 Å². The van der Waals surface area contributed by atoms with Crippen molar-refractivity contribution in [2.75, 3.05) is 5.32 Å². The van der Waals surface area contributed by atoms with E-state index in [1.165, 1.54) is 0 Å². The quantitative estimate of drug-likeness (QED) is 0.843. The van der Waals surface area contributed by atoms with Crippen molar-refractivity contribution in [1.29, 1.82) is 0 Å². The first-order chi connectivity index (χ1) is 8.61. The van der Waals surface area contributed by atoms with E-state index in [0.29, 0.717) is 11.3 Å². The van der Waals surface area contributed by atoms with Crippen LogP contribution in [0.15, 0.2) is 18.2 Å². The summed E-state index contributed by atoms with van der Waals surface area (Å²) in [4.78, 5) is 0. The molecule has 0 saturated heterocycles. The maximum atomic E-state index is 6.07. The summed E-state index contributed by atoms with van der Waals surface area (Å²) in [5.74, 6) is 0.888. The average Bonchev–Trinajstić information content (AvgIpc) is 2.71. The Bertz CT molecular complexity index is 602. The fraction of sp³-hybridized carbons (Fsp3) is 0.333. The van der Waals surface area contributed by atoms with Crippen LogP contribution in [0.25, 0.3) is 0 Å². The highest BCUT2D eigenvalue weighted by atomic mass is 35.5. The minimum Gasteiger partial charge on any atom is -0.378 e. The SMILES string of the molecule is CCn1c(CNc2ccc(C)c(Cl)c2)n[nH]c1=S. The van der Waals surface area contributed by atoms with E-state index in [2.05, 4.69) is 15.5 Å². The van der Waals surface area contributed by atoms with Crippen LogP contribution >= 0.6 is 23.8 Å². The molecule has 0 aliphatic heterocycles. The Morgan fingerprint density at radius 3 is 2.94 bits per heavy atom. The van der Waals surface area contributed by atoms with E-state index in [-0.39, 0.29) is 0 Å². The molecule has 0 fully saturated rings. The van der Waals surface area contributed by atoms with E-state index in [0.717, 1.165) is 28.6 Å². The lowest BCUT2D eigenvalue weighted by molar-refractivity contribution is 0.700. The summed E-state index contributed by atoms with van der Waals surface area (Å²) in [6.07, 6.45) is 0. The third kappa shape index (κ3) is 2.73. The molecule has 2 N–H and O–H groups in total. The molecule has 0 spiro atoms. The number of rotatable bonds is 4. The van der Waals surface area contributed by atoms with Crippen molar-refractivity contribution in [2.45, 2.75) is 26.9 Å². The van der Waals surface area contributed by atoms with Crippen LogP contribution in [0.1, 0.15) is 18.3 Å². The topological polar surface area (TPSA) is 45.6 Å². The Labute approximate surface area is 116 Å². The van der Waals surface area contributed by atoms with E-state index in [4.69, 9.17) is 23.8 Å². The first-order valence-corrected chi connectivity index (χ1v) is 6.54. The Kier molecular flexibility index (Phi) is 4.04. The second-order valence-electron chi connectivity index (χ2n) is 4.01. The molecule has 2 aromatic rings. The van der Waals surface area contributed by atoms with Gasteiger partial charge in [-0.3, -0.25) is 5.10 Å². The van der Waals surface area contributed by atoms with Crippen LogP contribution in [-0.4, -0.2) is 14.8 Å². The summed E-state index contributed by atoms with van der Waals surface area (Å²) < 4.78 is 2.61. The fourth-order valence-electron chi connectivity index (χ4n) is 1.70. The predicted molar refractivity (Wildman–Crippen MR) is 76.6 cm³/mol. The number of hydrogen-bond acceptors (Lipinski definition) is 3. The number of aromatic amines is 1. The molecule has 0 radical (unpaired) electrons. The summed E-state index contributed by atoms with van der Waals surface area (Å²) in [7, 11) is 0. The molecule has 0 aliphatic rings. The van der Waals surface area contributed by atoms with Crippen LogP contribution in [0.4, 0.5) is 5.69 Å². The molecular formula is C12H15ClN4S. The monoisotopic (exact) mass is 282 g/mol. The largest absolute Gasteiger partial charge is 0.378 e. The number of aryl methyl sites for hydroxylation is 1. The Morgan fingerprint density at radius 2 is 2.28 bits per heavy atom. The van der Waals surface area contributed by atoms with Gasteiger partial charge in [0.1, 0.15) is 0 Å². The highest BCUT2D eigenvalue weighted by molar-refractivity contribution is 7.71. The molecule has 0 unspecified atom stereocenters. The van der Waals surface area contributed by atoms with Gasteiger partial charge in [-0.2, -0.15) is 5.10 Å². The number of H-pyrrole nitrogens is 1. The van der Waals surface area contributed by atoms with Gasteiger partial charge in [0.15, 0.2) is 10.6 Å². The van der Waals surface area contributed by atoms with E-state index in [1.807, 2.05) is 36.6 Å². The minimum absolute atomic E-state index is 0.611. The van der Waals surface area contributed by atoms with Crippen molar-refractivity contribution in [2.24, 2.45) is 0 Å². The zero-order valence-electron chi connectivity index (χ0n) is 10.3. The molecule has 0 aliphatic carbocycles. The summed E-state index contributed by atoms with van der Waals surface area (Å²) in [5, 5.41) is 11.0. The molecule has 18 heavy (non-hydrogen) atoms. The molecule has 0 amide bonds. The standard InChI is InChI=1S/C12H15ClN4S/c1-3-17-11(15-16-12(17)18)7-14-9-5-4-8(2)10(13)6-9/h4-6,14H,3,7H2,1-2H3,(H,16,18). The van der Waals surface area contributed by atoms with Crippen molar-refractivity contribution < 1.29 is 0 Å². The smallest absolute Gasteiger partial charge is 0.195 e. The third-order valence-corrected chi connectivity index (χ3v) is 3.49. The maximum absolute atomic E-state index is 6.07. The van der Waals surface area contributed by atoms with Crippen LogP contribution in [0.5, 0.6) is 0 Å². The van der Waals surface area contributed by atoms with Gasteiger partial charge in [0.05, 0.1) is 6.54 Å². The summed E-state index contributed by atoms with van der Waals surface area (Å²) >= 11 is 11.2. The zero-order chi connectivity index (χ0) is 13.1. The highest BCUT2D eigenvalue weighted by Gasteiger charge is 2.04. The van der Waals surface area contributed by atoms with Gasteiger partial charge >= 0.3 is 0 Å². The first-order valence-electron chi connectivity index (χ1n) is 5.76. The number of nitrogens with one attached hydrogen (secondary N) is 2. The van der Waals surface area contributed by atoms with Crippen LogP contribution in [-0.2, 0) is 13.1 Å². The van der Waals surface area contributed by atoms with Crippen LogP contribution < -0.4 is 5.32 Å². The van der Waals surface area contributed by atoms with Crippen molar-refractivity contribution in [3.05, 3.63) is 39.4 Å². The molecule has 1 aromatic carbocycles. The number of aromatic nitrogens is 3. The number of hydrogen-bond donors (Lipinski definition) is 2. The summed E-state index contributed by atoms with van der Waals surface area (Å²) in [6.45, 7) is 5.44. The molecule has 0 atom stereocenters. The molecule has 0 saturated carbocycles. The second kappa shape index (κ2) is 5.54. The van der Waals surface area contributed by atoms with Crippen molar-refractivity contribution in [1.82, 2.24) is 14.8 Å². The lowest BCUT2D eigenvalue weighted by Gasteiger charge is -2.08. The molecule has 1 heterocycles. The van der Waals surface area contributed by atoms with Gasteiger partial charge in [-0.25, -0.2) is 0 Å². The molecular weight excluding hydrogens is 268 g/mol. The fourth-order valence-corrected chi connectivity index (χ4v) is 2.16. The van der Waals surface area contributed by atoms with Gasteiger partial charge in [0.25, 0.3) is 0 Å². The van der Waals surface area contributed by atoms with Gasteiger partial charge in [-0.15, -0.1) is 0 Å². The van der Waals surface area contributed by atoms with Crippen molar-refractivity contribution >= 4 is 29.5 Å². The number of nitrogens with zero attached hydrogens (tertiary/aromatic N) is 2. The molecule has 6 heteroatoms. The lowest BCUT2D eigenvalue weighted by atomic mass is 10.2. The first kappa shape index (κ1) is 13.1. The predicted octanol–water partition coefficient (Wildman–Crippen LogP) is 3.53. The normalized spacial score (nSPS) is 10.6. The lowest BCUT2D eigenvalue weighted by Crippen LogP contribution is -2.08. The van der Waals surface area contributed by atoms with E-state index in [1.54, 1.807) is 0 Å². The van der Waals surface area contributed by atoms with Gasteiger partial charge in [0.2, 0.25) is 0 Å². The van der Waals surface area contributed by atoms with Crippen LogP contribution in [0.3, 0.4) is 0 Å². The Hall–Kier alpha value is -1.33. The van der Waals surface area contributed by atoms with Gasteiger partial charge < -0.3 is 9.88 Å². The Balaban J connectivity index is 2.11.